The van der Waals surface area contributed by atoms with Gasteiger partial charge in [-0.2, -0.15) is 0 Å². The zero-order chi connectivity index (χ0) is 14.9. The number of nitrogens with zero attached hydrogens (tertiary/aromatic N) is 1. The molecule has 0 saturated carbocycles. The van der Waals surface area contributed by atoms with Gasteiger partial charge < -0.3 is 14.4 Å². The molecule has 0 unspecified atom stereocenters. The third kappa shape index (κ3) is 2.39. The van der Waals surface area contributed by atoms with Crippen molar-refractivity contribution in [2.24, 2.45) is 0 Å². The first-order chi connectivity index (χ1) is 9.45. The molecule has 0 atom stereocenters. The fourth-order valence-electron chi connectivity index (χ4n) is 2.28. The summed E-state index contributed by atoms with van der Waals surface area (Å²) in [4.78, 5) is 10.9. The Labute approximate surface area is 117 Å². The first-order valence-electron chi connectivity index (χ1n) is 6.33. The lowest BCUT2D eigenvalue weighted by molar-refractivity contribution is 0.0652. The summed E-state index contributed by atoms with van der Waals surface area (Å²) in [5.41, 5.74) is 3.36. The average molecular weight is 275 g/mol. The number of hydrogen-bond donors (Lipinski definition) is 1. The number of carboxylic acid groups (broad SMARTS) is 1. The molecule has 0 amide bonds. The molecule has 5 nitrogen and oxygen atoms in total. The highest BCUT2D eigenvalue weighted by atomic mass is 16.5. The summed E-state index contributed by atoms with van der Waals surface area (Å²) in [6.45, 7) is 6.08. The normalized spacial score (nSPS) is 10.8. The van der Waals surface area contributed by atoms with E-state index >= 15 is 0 Å². The van der Waals surface area contributed by atoms with Crippen LogP contribution < -0.4 is 4.74 Å². The van der Waals surface area contributed by atoms with E-state index in [2.05, 4.69) is 19.0 Å². The quantitative estimate of drug-likeness (QED) is 0.924. The molecule has 2 aromatic rings. The molecule has 1 aromatic heterocycles. The minimum absolute atomic E-state index is 0.172. The van der Waals surface area contributed by atoms with Crippen LogP contribution in [0.1, 0.15) is 41.4 Å². The standard InChI is InChI=1S/C15H17NO4/c1-8(2)13-10(6-5-9(3)14(13)19-4)11-7-12(15(17)18)20-16-11/h5-8H,1-4H3,(H,17,18). The fraction of sp³-hybridized carbons (Fsp3) is 0.333. The fourth-order valence-corrected chi connectivity index (χ4v) is 2.28. The Morgan fingerprint density at radius 3 is 2.60 bits per heavy atom. The lowest BCUT2D eigenvalue weighted by Crippen LogP contribution is -2.00. The van der Waals surface area contributed by atoms with Gasteiger partial charge in [-0.15, -0.1) is 0 Å². The van der Waals surface area contributed by atoms with Gasteiger partial charge in [-0.05, 0) is 18.4 Å². The molecule has 1 heterocycles. The summed E-state index contributed by atoms with van der Waals surface area (Å²) in [6, 6.07) is 5.27. The van der Waals surface area contributed by atoms with Crippen molar-refractivity contribution in [1.82, 2.24) is 5.16 Å². The van der Waals surface area contributed by atoms with Crippen molar-refractivity contribution in [3.05, 3.63) is 35.1 Å². The summed E-state index contributed by atoms with van der Waals surface area (Å²) < 4.78 is 10.3. The summed E-state index contributed by atoms with van der Waals surface area (Å²) in [5.74, 6) is -0.287. The molecule has 1 aromatic carbocycles. The molecule has 0 aliphatic heterocycles. The van der Waals surface area contributed by atoms with Crippen molar-refractivity contribution in [3.63, 3.8) is 0 Å². The van der Waals surface area contributed by atoms with Crippen LogP contribution in [0.3, 0.4) is 0 Å². The zero-order valence-electron chi connectivity index (χ0n) is 11.9. The number of aryl methyl sites for hydroxylation is 1. The van der Waals surface area contributed by atoms with E-state index in [1.807, 2.05) is 19.1 Å². The van der Waals surface area contributed by atoms with Crippen molar-refractivity contribution in [2.75, 3.05) is 7.11 Å². The Balaban J connectivity index is 2.63. The third-order valence-electron chi connectivity index (χ3n) is 3.17. The number of benzene rings is 1. The molecule has 0 radical (unpaired) electrons. The van der Waals surface area contributed by atoms with Gasteiger partial charge >= 0.3 is 5.97 Å². The van der Waals surface area contributed by atoms with Gasteiger partial charge in [-0.25, -0.2) is 4.79 Å². The van der Waals surface area contributed by atoms with Crippen LogP contribution in [0.25, 0.3) is 11.3 Å². The lowest BCUT2D eigenvalue weighted by Gasteiger charge is -2.17. The van der Waals surface area contributed by atoms with Crippen molar-refractivity contribution < 1.29 is 19.2 Å². The number of ether oxygens (including phenoxy) is 1. The second kappa shape index (κ2) is 5.36. The molecule has 0 aliphatic carbocycles. The van der Waals surface area contributed by atoms with E-state index in [1.165, 1.54) is 6.07 Å². The maximum absolute atomic E-state index is 10.9. The number of aromatic nitrogens is 1. The molecule has 0 fully saturated rings. The topological polar surface area (TPSA) is 72.6 Å². The number of carbonyl (C=O) groups is 1. The van der Waals surface area contributed by atoms with Crippen LogP contribution in [0.15, 0.2) is 22.7 Å². The molecule has 0 saturated heterocycles. The van der Waals surface area contributed by atoms with Gasteiger partial charge in [0.15, 0.2) is 0 Å². The first-order valence-corrected chi connectivity index (χ1v) is 6.33. The first kappa shape index (κ1) is 14.1. The molecule has 20 heavy (non-hydrogen) atoms. The monoisotopic (exact) mass is 275 g/mol. The van der Waals surface area contributed by atoms with E-state index in [4.69, 9.17) is 14.4 Å². The Hall–Kier alpha value is -2.30. The predicted molar refractivity (Wildman–Crippen MR) is 74.3 cm³/mol. The van der Waals surface area contributed by atoms with Crippen LogP contribution in [-0.2, 0) is 0 Å². The van der Waals surface area contributed by atoms with Crippen molar-refractivity contribution in [2.45, 2.75) is 26.7 Å². The zero-order valence-corrected chi connectivity index (χ0v) is 11.9. The summed E-state index contributed by atoms with van der Waals surface area (Å²) in [7, 11) is 1.63. The minimum Gasteiger partial charge on any atom is -0.496 e. The second-order valence-electron chi connectivity index (χ2n) is 4.91. The number of carboxylic acids is 1. The SMILES string of the molecule is COc1c(C)ccc(-c2cc(C(=O)O)on2)c1C(C)C. The average Bonchev–Trinajstić information content (AvgIpc) is 2.87. The van der Waals surface area contributed by atoms with Crippen LogP contribution in [0.5, 0.6) is 5.75 Å². The van der Waals surface area contributed by atoms with E-state index in [-0.39, 0.29) is 11.7 Å². The minimum atomic E-state index is -1.13. The van der Waals surface area contributed by atoms with Crippen LogP contribution >= 0.6 is 0 Å². The van der Waals surface area contributed by atoms with E-state index in [1.54, 1.807) is 7.11 Å². The van der Waals surface area contributed by atoms with Crippen molar-refractivity contribution in [3.8, 4) is 17.0 Å². The molecule has 0 aliphatic rings. The molecule has 5 heteroatoms. The lowest BCUT2D eigenvalue weighted by atomic mass is 9.92. The number of hydrogen-bond acceptors (Lipinski definition) is 4. The van der Waals surface area contributed by atoms with Gasteiger partial charge in [0.1, 0.15) is 11.4 Å². The number of methoxy groups -OCH3 is 1. The smallest absolute Gasteiger partial charge is 0.374 e. The van der Waals surface area contributed by atoms with Crippen LogP contribution in [0.2, 0.25) is 0 Å². The van der Waals surface area contributed by atoms with Crippen LogP contribution in [-0.4, -0.2) is 23.3 Å². The van der Waals surface area contributed by atoms with Gasteiger partial charge in [0, 0.05) is 17.2 Å². The maximum atomic E-state index is 10.9. The number of aromatic carboxylic acids is 1. The molecular weight excluding hydrogens is 258 g/mol. The van der Waals surface area contributed by atoms with E-state index < -0.39 is 5.97 Å². The second-order valence-corrected chi connectivity index (χ2v) is 4.91. The molecule has 106 valence electrons. The van der Waals surface area contributed by atoms with E-state index in [0.29, 0.717) is 5.69 Å². The highest BCUT2D eigenvalue weighted by Crippen LogP contribution is 2.38. The van der Waals surface area contributed by atoms with Gasteiger partial charge in [-0.1, -0.05) is 31.1 Å². The highest BCUT2D eigenvalue weighted by Gasteiger charge is 2.20. The maximum Gasteiger partial charge on any atom is 0.374 e. The third-order valence-corrected chi connectivity index (χ3v) is 3.17. The van der Waals surface area contributed by atoms with E-state index in [0.717, 1.165) is 22.4 Å². The predicted octanol–water partition coefficient (Wildman–Crippen LogP) is 3.48. The van der Waals surface area contributed by atoms with Crippen molar-refractivity contribution >= 4 is 5.97 Å². The Kier molecular flexibility index (Phi) is 3.79. The summed E-state index contributed by atoms with van der Waals surface area (Å²) >= 11 is 0. The van der Waals surface area contributed by atoms with Gasteiger partial charge in [0.25, 0.3) is 0 Å². The molecule has 0 spiro atoms. The van der Waals surface area contributed by atoms with Gasteiger partial charge in [0.2, 0.25) is 5.76 Å². The van der Waals surface area contributed by atoms with Gasteiger partial charge in [0.05, 0.1) is 7.11 Å². The largest absolute Gasteiger partial charge is 0.496 e. The Bertz CT molecular complexity index is 643. The van der Waals surface area contributed by atoms with Crippen LogP contribution in [0.4, 0.5) is 0 Å². The van der Waals surface area contributed by atoms with Crippen molar-refractivity contribution in [1.29, 1.82) is 0 Å². The van der Waals surface area contributed by atoms with Crippen LogP contribution in [0, 0.1) is 6.92 Å². The van der Waals surface area contributed by atoms with E-state index in [9.17, 15) is 4.79 Å². The highest BCUT2D eigenvalue weighted by molar-refractivity contribution is 5.86. The summed E-state index contributed by atoms with van der Waals surface area (Å²) in [5, 5.41) is 12.8. The Morgan fingerprint density at radius 2 is 2.10 bits per heavy atom. The molecule has 0 bridgehead atoms. The molecule has 1 N–H and O–H groups in total. The number of rotatable bonds is 4. The van der Waals surface area contributed by atoms with Gasteiger partial charge in [-0.3, -0.25) is 0 Å². The molecular formula is C15H17NO4. The Morgan fingerprint density at radius 1 is 1.40 bits per heavy atom. The molecule has 2 rings (SSSR count). The summed E-state index contributed by atoms with van der Waals surface area (Å²) in [6.07, 6.45) is 0.